The summed E-state index contributed by atoms with van der Waals surface area (Å²) in [5.74, 6) is 0.946. The van der Waals surface area contributed by atoms with E-state index in [-0.39, 0.29) is 0 Å². The standard InChI is InChI=1S/C11H17NO/c1-4-7-13-11-8(2)5-6-10(12)9(11)3/h5-6H,4,7,12H2,1-3H3. The van der Waals surface area contributed by atoms with E-state index in [1.54, 1.807) is 0 Å². The quantitative estimate of drug-likeness (QED) is 0.724. The number of hydrogen-bond acceptors (Lipinski definition) is 2. The Morgan fingerprint density at radius 1 is 1.31 bits per heavy atom. The Morgan fingerprint density at radius 3 is 2.62 bits per heavy atom. The van der Waals surface area contributed by atoms with Crippen molar-refractivity contribution in [2.45, 2.75) is 27.2 Å². The first-order valence-corrected chi connectivity index (χ1v) is 4.65. The van der Waals surface area contributed by atoms with E-state index in [9.17, 15) is 0 Å². The van der Waals surface area contributed by atoms with Crippen LogP contribution in [0.15, 0.2) is 12.1 Å². The molecule has 0 aromatic heterocycles. The Bertz CT molecular complexity index is 294. The normalized spacial score (nSPS) is 10.1. The molecule has 0 aliphatic carbocycles. The second kappa shape index (κ2) is 4.17. The highest BCUT2D eigenvalue weighted by Gasteiger charge is 2.05. The minimum Gasteiger partial charge on any atom is -0.493 e. The largest absolute Gasteiger partial charge is 0.493 e. The number of anilines is 1. The second-order valence-corrected chi connectivity index (χ2v) is 3.27. The number of nitrogens with two attached hydrogens (primary N) is 1. The molecule has 0 aliphatic rings. The lowest BCUT2D eigenvalue weighted by molar-refractivity contribution is 0.313. The van der Waals surface area contributed by atoms with Crippen LogP contribution in [0.5, 0.6) is 5.75 Å². The summed E-state index contributed by atoms with van der Waals surface area (Å²) in [6.45, 7) is 6.88. The molecule has 1 aromatic carbocycles. The molecule has 72 valence electrons. The number of ether oxygens (including phenoxy) is 1. The third-order valence-corrected chi connectivity index (χ3v) is 2.10. The Balaban J connectivity index is 2.96. The van der Waals surface area contributed by atoms with Crippen LogP contribution in [0.2, 0.25) is 0 Å². The van der Waals surface area contributed by atoms with Crippen molar-refractivity contribution in [3.8, 4) is 5.75 Å². The lowest BCUT2D eigenvalue weighted by atomic mass is 10.1. The van der Waals surface area contributed by atoms with E-state index in [1.165, 1.54) is 0 Å². The molecule has 0 heterocycles. The maximum atomic E-state index is 5.78. The molecule has 0 atom stereocenters. The fraction of sp³-hybridized carbons (Fsp3) is 0.455. The maximum absolute atomic E-state index is 5.78. The molecule has 0 fully saturated rings. The zero-order valence-electron chi connectivity index (χ0n) is 8.55. The monoisotopic (exact) mass is 179 g/mol. The topological polar surface area (TPSA) is 35.2 Å². The van der Waals surface area contributed by atoms with Crippen LogP contribution in [0, 0.1) is 13.8 Å². The molecule has 0 amide bonds. The van der Waals surface area contributed by atoms with Gasteiger partial charge in [-0.3, -0.25) is 0 Å². The molecule has 0 saturated heterocycles. The van der Waals surface area contributed by atoms with Gasteiger partial charge in [-0.25, -0.2) is 0 Å². The lowest BCUT2D eigenvalue weighted by Gasteiger charge is -2.12. The summed E-state index contributed by atoms with van der Waals surface area (Å²) in [4.78, 5) is 0. The van der Waals surface area contributed by atoms with Gasteiger partial charge in [-0.2, -0.15) is 0 Å². The number of rotatable bonds is 3. The van der Waals surface area contributed by atoms with Crippen molar-refractivity contribution >= 4 is 5.69 Å². The lowest BCUT2D eigenvalue weighted by Crippen LogP contribution is -2.01. The molecular weight excluding hydrogens is 162 g/mol. The smallest absolute Gasteiger partial charge is 0.127 e. The third kappa shape index (κ3) is 2.14. The van der Waals surface area contributed by atoms with Crippen LogP contribution in [0.1, 0.15) is 24.5 Å². The number of benzene rings is 1. The summed E-state index contributed by atoms with van der Waals surface area (Å²) < 4.78 is 5.62. The van der Waals surface area contributed by atoms with E-state index in [4.69, 9.17) is 10.5 Å². The van der Waals surface area contributed by atoms with Crippen LogP contribution in [-0.2, 0) is 0 Å². The highest BCUT2D eigenvalue weighted by molar-refractivity contribution is 5.56. The Labute approximate surface area is 79.7 Å². The molecule has 2 nitrogen and oxygen atoms in total. The van der Waals surface area contributed by atoms with Crippen molar-refractivity contribution in [1.82, 2.24) is 0 Å². The molecule has 0 bridgehead atoms. The summed E-state index contributed by atoms with van der Waals surface area (Å²) in [5.41, 5.74) is 8.79. The van der Waals surface area contributed by atoms with Gasteiger partial charge in [0.1, 0.15) is 5.75 Å². The summed E-state index contributed by atoms with van der Waals surface area (Å²) in [6.07, 6.45) is 1.02. The van der Waals surface area contributed by atoms with Crippen LogP contribution < -0.4 is 10.5 Å². The van der Waals surface area contributed by atoms with Gasteiger partial charge in [0.15, 0.2) is 0 Å². The first-order valence-electron chi connectivity index (χ1n) is 4.65. The van der Waals surface area contributed by atoms with Gasteiger partial charge < -0.3 is 10.5 Å². The average Bonchev–Trinajstić information content (AvgIpc) is 2.12. The number of aryl methyl sites for hydroxylation is 1. The van der Waals surface area contributed by atoms with Gasteiger partial charge in [0.25, 0.3) is 0 Å². The summed E-state index contributed by atoms with van der Waals surface area (Å²) in [7, 11) is 0. The molecule has 0 saturated carbocycles. The van der Waals surface area contributed by atoms with E-state index < -0.39 is 0 Å². The predicted molar refractivity (Wildman–Crippen MR) is 56.1 cm³/mol. The van der Waals surface area contributed by atoms with Gasteiger partial charge >= 0.3 is 0 Å². The highest BCUT2D eigenvalue weighted by atomic mass is 16.5. The van der Waals surface area contributed by atoms with Crippen molar-refractivity contribution in [2.24, 2.45) is 0 Å². The summed E-state index contributed by atoms with van der Waals surface area (Å²) >= 11 is 0. The molecule has 2 heteroatoms. The SMILES string of the molecule is CCCOc1c(C)ccc(N)c1C. The van der Waals surface area contributed by atoms with Crippen LogP contribution in [0.4, 0.5) is 5.69 Å². The van der Waals surface area contributed by atoms with E-state index >= 15 is 0 Å². The maximum Gasteiger partial charge on any atom is 0.127 e. The molecule has 1 rings (SSSR count). The van der Waals surface area contributed by atoms with Crippen LogP contribution in [-0.4, -0.2) is 6.61 Å². The predicted octanol–water partition coefficient (Wildman–Crippen LogP) is 2.67. The second-order valence-electron chi connectivity index (χ2n) is 3.27. The fourth-order valence-electron chi connectivity index (χ4n) is 1.27. The first-order chi connectivity index (χ1) is 6.16. The van der Waals surface area contributed by atoms with Crippen molar-refractivity contribution in [3.63, 3.8) is 0 Å². The molecule has 0 radical (unpaired) electrons. The highest BCUT2D eigenvalue weighted by Crippen LogP contribution is 2.27. The summed E-state index contributed by atoms with van der Waals surface area (Å²) in [6, 6.07) is 3.91. The molecule has 1 aromatic rings. The minimum absolute atomic E-state index is 0.755. The zero-order valence-corrected chi connectivity index (χ0v) is 8.55. The minimum atomic E-state index is 0.755. The molecular formula is C11H17NO. The Kier molecular flexibility index (Phi) is 3.18. The third-order valence-electron chi connectivity index (χ3n) is 2.10. The molecule has 13 heavy (non-hydrogen) atoms. The van der Waals surface area contributed by atoms with Crippen molar-refractivity contribution in [3.05, 3.63) is 23.3 Å². The van der Waals surface area contributed by atoms with E-state index in [0.717, 1.165) is 35.6 Å². The van der Waals surface area contributed by atoms with E-state index in [2.05, 4.69) is 6.92 Å². The zero-order chi connectivity index (χ0) is 9.84. The summed E-state index contributed by atoms with van der Waals surface area (Å²) in [5, 5.41) is 0. The molecule has 0 unspecified atom stereocenters. The van der Waals surface area contributed by atoms with Gasteiger partial charge in [0.2, 0.25) is 0 Å². The van der Waals surface area contributed by atoms with Crippen LogP contribution in [0.3, 0.4) is 0 Å². The van der Waals surface area contributed by atoms with Gasteiger partial charge in [-0.1, -0.05) is 13.0 Å². The molecule has 0 spiro atoms. The van der Waals surface area contributed by atoms with Crippen molar-refractivity contribution < 1.29 is 4.74 Å². The van der Waals surface area contributed by atoms with Gasteiger partial charge in [0, 0.05) is 11.3 Å². The van der Waals surface area contributed by atoms with Crippen molar-refractivity contribution in [2.75, 3.05) is 12.3 Å². The molecule has 0 aliphatic heterocycles. The van der Waals surface area contributed by atoms with Gasteiger partial charge in [-0.05, 0) is 31.9 Å². The Morgan fingerprint density at radius 2 is 2.00 bits per heavy atom. The van der Waals surface area contributed by atoms with Crippen LogP contribution >= 0.6 is 0 Å². The molecule has 2 N–H and O–H groups in total. The number of hydrogen-bond donors (Lipinski definition) is 1. The van der Waals surface area contributed by atoms with Gasteiger partial charge in [-0.15, -0.1) is 0 Å². The van der Waals surface area contributed by atoms with Crippen LogP contribution in [0.25, 0.3) is 0 Å². The van der Waals surface area contributed by atoms with E-state index in [0.29, 0.717) is 0 Å². The fourth-order valence-corrected chi connectivity index (χ4v) is 1.27. The van der Waals surface area contributed by atoms with Crippen molar-refractivity contribution in [1.29, 1.82) is 0 Å². The first kappa shape index (κ1) is 9.90. The average molecular weight is 179 g/mol. The Hall–Kier alpha value is -1.18. The van der Waals surface area contributed by atoms with Gasteiger partial charge in [0.05, 0.1) is 6.61 Å². The number of nitrogen functional groups attached to an aromatic ring is 1. The van der Waals surface area contributed by atoms with E-state index in [1.807, 2.05) is 26.0 Å².